The number of nitrogens with one attached hydrogen (secondary N) is 1. The van der Waals surface area contributed by atoms with Crippen molar-refractivity contribution in [2.45, 2.75) is 37.0 Å². The molecule has 9 heteroatoms. The molecule has 3 nitrogen and oxygen atoms in total. The standard InChI is InChI=1S/C13H13F6NO2/c14-12(15,16)7-1-6(2-8(3-7)13(17,18)19)11(22)10-4-9(21)5-20-10/h1-3,9-11,20-22H,4-5H2/t9-,10+,11?/m1/s1. The lowest BCUT2D eigenvalue weighted by Crippen LogP contribution is -2.29. The van der Waals surface area contributed by atoms with E-state index in [1.807, 2.05) is 0 Å². The molecule has 0 amide bonds. The predicted molar refractivity (Wildman–Crippen MR) is 63.8 cm³/mol. The van der Waals surface area contributed by atoms with E-state index in [1.54, 1.807) is 0 Å². The van der Waals surface area contributed by atoms with Gasteiger partial charge in [-0.15, -0.1) is 0 Å². The number of aliphatic hydroxyl groups excluding tert-OH is 2. The Hall–Kier alpha value is -1.32. The van der Waals surface area contributed by atoms with Crippen LogP contribution < -0.4 is 5.32 Å². The summed E-state index contributed by atoms with van der Waals surface area (Å²) in [5.41, 5.74) is -3.45. The molecule has 1 aromatic rings. The molecule has 1 heterocycles. The van der Waals surface area contributed by atoms with Crippen LogP contribution in [0.5, 0.6) is 0 Å². The summed E-state index contributed by atoms with van der Waals surface area (Å²) < 4.78 is 76.4. The summed E-state index contributed by atoms with van der Waals surface area (Å²) >= 11 is 0. The number of rotatable bonds is 2. The zero-order valence-corrected chi connectivity index (χ0v) is 11.0. The van der Waals surface area contributed by atoms with Crippen molar-refractivity contribution in [3.8, 4) is 0 Å². The summed E-state index contributed by atoms with van der Waals surface area (Å²) in [6, 6.07) is 0.186. The highest BCUT2D eigenvalue weighted by molar-refractivity contribution is 5.35. The van der Waals surface area contributed by atoms with Gasteiger partial charge in [0, 0.05) is 12.6 Å². The molecule has 0 spiro atoms. The molecule has 3 atom stereocenters. The average Bonchev–Trinajstić information content (AvgIpc) is 2.82. The third-order valence-corrected chi connectivity index (χ3v) is 3.47. The monoisotopic (exact) mass is 329 g/mol. The fourth-order valence-corrected chi connectivity index (χ4v) is 2.37. The van der Waals surface area contributed by atoms with Crippen molar-refractivity contribution in [1.29, 1.82) is 0 Å². The molecule has 1 fully saturated rings. The van der Waals surface area contributed by atoms with E-state index >= 15 is 0 Å². The first-order valence-electron chi connectivity index (χ1n) is 6.37. The van der Waals surface area contributed by atoms with Crippen LogP contribution in [0.3, 0.4) is 0 Å². The molecule has 22 heavy (non-hydrogen) atoms. The van der Waals surface area contributed by atoms with Crippen LogP contribution in [-0.2, 0) is 12.4 Å². The summed E-state index contributed by atoms with van der Waals surface area (Å²) in [7, 11) is 0. The largest absolute Gasteiger partial charge is 0.416 e. The molecule has 124 valence electrons. The van der Waals surface area contributed by atoms with Gasteiger partial charge in [0.25, 0.3) is 0 Å². The quantitative estimate of drug-likeness (QED) is 0.731. The Morgan fingerprint density at radius 1 is 1.00 bits per heavy atom. The van der Waals surface area contributed by atoms with E-state index in [0.717, 1.165) is 0 Å². The van der Waals surface area contributed by atoms with Crippen LogP contribution in [0.4, 0.5) is 26.3 Å². The molecule has 0 aromatic heterocycles. The Kier molecular flexibility index (Phi) is 4.42. The number of aliphatic hydroxyl groups is 2. The third kappa shape index (κ3) is 3.71. The molecule has 1 aromatic carbocycles. The Morgan fingerprint density at radius 2 is 1.50 bits per heavy atom. The highest BCUT2D eigenvalue weighted by Gasteiger charge is 2.38. The van der Waals surface area contributed by atoms with Crippen LogP contribution in [0.15, 0.2) is 18.2 Å². The van der Waals surface area contributed by atoms with E-state index in [-0.39, 0.29) is 19.0 Å². The minimum Gasteiger partial charge on any atom is -0.392 e. The lowest BCUT2D eigenvalue weighted by molar-refractivity contribution is -0.143. The van der Waals surface area contributed by atoms with Crippen molar-refractivity contribution in [1.82, 2.24) is 5.32 Å². The highest BCUT2D eigenvalue weighted by atomic mass is 19.4. The number of halogens is 6. The van der Waals surface area contributed by atoms with Crippen LogP contribution >= 0.6 is 0 Å². The minimum atomic E-state index is -4.96. The van der Waals surface area contributed by atoms with Gasteiger partial charge in [-0.3, -0.25) is 0 Å². The number of hydrogen-bond acceptors (Lipinski definition) is 3. The number of hydrogen-bond donors (Lipinski definition) is 3. The molecular formula is C13H13F6NO2. The lowest BCUT2D eigenvalue weighted by atomic mass is 9.96. The first kappa shape index (κ1) is 17.0. The van der Waals surface area contributed by atoms with Gasteiger partial charge in [0.15, 0.2) is 0 Å². The summed E-state index contributed by atoms with van der Waals surface area (Å²) in [6.45, 7) is 0.118. The molecule has 1 unspecified atom stereocenters. The van der Waals surface area contributed by atoms with Gasteiger partial charge in [-0.25, -0.2) is 0 Å². The number of benzene rings is 1. The Balaban J connectivity index is 2.42. The molecular weight excluding hydrogens is 316 g/mol. The fraction of sp³-hybridized carbons (Fsp3) is 0.538. The number of β-amino-alcohol motifs (C(OH)–C–C–N with tert-alkyl or cyclic N) is 1. The Labute approximate surface area is 121 Å². The van der Waals surface area contributed by atoms with E-state index in [0.29, 0.717) is 12.1 Å². The normalized spacial score (nSPS) is 24.5. The summed E-state index contributed by atoms with van der Waals surface area (Å²) in [6.07, 6.45) is -12.3. The molecule has 0 aliphatic carbocycles. The van der Waals surface area contributed by atoms with E-state index < -0.39 is 47.3 Å². The van der Waals surface area contributed by atoms with Crippen molar-refractivity contribution in [2.24, 2.45) is 0 Å². The van der Waals surface area contributed by atoms with Gasteiger partial charge in [-0.05, 0) is 30.2 Å². The maximum Gasteiger partial charge on any atom is 0.416 e. The van der Waals surface area contributed by atoms with Gasteiger partial charge >= 0.3 is 12.4 Å². The molecule has 0 bridgehead atoms. The minimum absolute atomic E-state index is 0.00709. The van der Waals surface area contributed by atoms with E-state index in [4.69, 9.17) is 0 Å². The van der Waals surface area contributed by atoms with Crippen molar-refractivity contribution in [2.75, 3.05) is 6.54 Å². The van der Waals surface area contributed by atoms with Crippen LogP contribution in [0.1, 0.15) is 29.2 Å². The highest BCUT2D eigenvalue weighted by Crippen LogP contribution is 2.38. The van der Waals surface area contributed by atoms with Crippen molar-refractivity contribution >= 4 is 0 Å². The van der Waals surface area contributed by atoms with Gasteiger partial charge in [0.2, 0.25) is 0 Å². The van der Waals surface area contributed by atoms with E-state index in [9.17, 15) is 36.6 Å². The zero-order valence-electron chi connectivity index (χ0n) is 11.0. The van der Waals surface area contributed by atoms with Gasteiger partial charge in [0.1, 0.15) is 0 Å². The maximum atomic E-state index is 12.7. The summed E-state index contributed by atoms with van der Waals surface area (Å²) in [5, 5.41) is 22.0. The summed E-state index contributed by atoms with van der Waals surface area (Å²) in [4.78, 5) is 0. The molecule has 1 aliphatic rings. The van der Waals surface area contributed by atoms with Crippen molar-refractivity contribution in [3.05, 3.63) is 34.9 Å². The van der Waals surface area contributed by atoms with Gasteiger partial charge in [0.05, 0.1) is 23.3 Å². The predicted octanol–water partition coefficient (Wildman–Crippen LogP) is 2.48. The van der Waals surface area contributed by atoms with Gasteiger partial charge in [-0.1, -0.05) is 0 Å². The third-order valence-electron chi connectivity index (χ3n) is 3.47. The second-order valence-corrected chi connectivity index (χ2v) is 5.19. The first-order valence-corrected chi connectivity index (χ1v) is 6.37. The van der Waals surface area contributed by atoms with Crippen LogP contribution in [0, 0.1) is 0 Å². The topological polar surface area (TPSA) is 52.5 Å². The van der Waals surface area contributed by atoms with Crippen molar-refractivity contribution in [3.63, 3.8) is 0 Å². The van der Waals surface area contributed by atoms with Gasteiger partial charge < -0.3 is 15.5 Å². The van der Waals surface area contributed by atoms with Crippen LogP contribution in [0.2, 0.25) is 0 Å². The van der Waals surface area contributed by atoms with Crippen molar-refractivity contribution < 1.29 is 36.6 Å². The summed E-state index contributed by atoms with van der Waals surface area (Å²) in [5.74, 6) is 0. The molecule has 0 saturated carbocycles. The van der Waals surface area contributed by atoms with E-state index in [2.05, 4.69) is 5.32 Å². The van der Waals surface area contributed by atoms with Crippen LogP contribution in [-0.4, -0.2) is 28.9 Å². The second-order valence-electron chi connectivity index (χ2n) is 5.19. The Bertz CT molecular complexity index is 510. The molecule has 1 saturated heterocycles. The van der Waals surface area contributed by atoms with E-state index in [1.165, 1.54) is 0 Å². The average molecular weight is 329 g/mol. The molecule has 3 N–H and O–H groups in total. The second kappa shape index (κ2) is 5.71. The zero-order chi connectivity index (χ0) is 16.7. The Morgan fingerprint density at radius 3 is 1.86 bits per heavy atom. The smallest absolute Gasteiger partial charge is 0.392 e. The SMILES string of the molecule is OC(c1cc(C(F)(F)F)cc(C(F)(F)F)c1)[C@@H]1C[C@@H](O)CN1. The first-order chi connectivity index (χ1) is 9.98. The molecule has 0 radical (unpaired) electrons. The van der Waals surface area contributed by atoms with Gasteiger partial charge in [-0.2, -0.15) is 26.3 Å². The maximum absolute atomic E-state index is 12.7. The molecule has 1 aliphatic heterocycles. The fourth-order valence-electron chi connectivity index (χ4n) is 2.37. The lowest BCUT2D eigenvalue weighted by Gasteiger charge is -2.21. The van der Waals surface area contributed by atoms with Crippen LogP contribution in [0.25, 0.3) is 0 Å². The molecule has 2 rings (SSSR count). The number of alkyl halides is 6.